The molecule has 1 amide bonds. The summed E-state index contributed by atoms with van der Waals surface area (Å²) in [6.45, 7) is 4.16. The number of hydrogen-bond acceptors (Lipinski definition) is 6. The van der Waals surface area contributed by atoms with E-state index < -0.39 is 0 Å². The maximum atomic E-state index is 12.0. The maximum Gasteiger partial charge on any atom is 0.226 e. The van der Waals surface area contributed by atoms with Crippen LogP contribution in [0.1, 0.15) is 38.7 Å². The van der Waals surface area contributed by atoms with E-state index in [9.17, 15) is 9.59 Å². The van der Waals surface area contributed by atoms with Gasteiger partial charge in [-0.3, -0.25) is 9.59 Å². The minimum absolute atomic E-state index is 0.0990. The fraction of sp³-hybridized carbons (Fsp3) is 0.278. The average Bonchev–Trinajstić information content (AvgIpc) is 3.28. The van der Waals surface area contributed by atoms with Crippen LogP contribution in [-0.2, 0) is 4.79 Å². The molecule has 3 aromatic rings. The summed E-state index contributed by atoms with van der Waals surface area (Å²) < 4.78 is 0. The van der Waals surface area contributed by atoms with Crippen molar-refractivity contribution in [3.05, 3.63) is 43.6 Å². The van der Waals surface area contributed by atoms with Gasteiger partial charge in [-0.15, -0.1) is 34.0 Å². The number of carbonyl (C=O) groups is 2. The van der Waals surface area contributed by atoms with Crippen LogP contribution in [0.3, 0.4) is 0 Å². The lowest BCUT2D eigenvalue weighted by atomic mass is 10.1. The van der Waals surface area contributed by atoms with E-state index >= 15 is 0 Å². The molecule has 4 nitrogen and oxygen atoms in total. The number of carbonyl (C=O) groups excluding carboxylic acids is 2. The summed E-state index contributed by atoms with van der Waals surface area (Å²) in [6.07, 6.45) is 1.26. The lowest BCUT2D eigenvalue weighted by molar-refractivity contribution is -0.116. The minimum Gasteiger partial charge on any atom is -0.302 e. The van der Waals surface area contributed by atoms with Gasteiger partial charge in [0, 0.05) is 33.5 Å². The molecule has 0 atom stereocenters. The van der Waals surface area contributed by atoms with Gasteiger partial charge in [0.25, 0.3) is 0 Å². The lowest BCUT2D eigenvalue weighted by Gasteiger charge is -2.01. The van der Waals surface area contributed by atoms with Crippen LogP contribution in [-0.4, -0.2) is 16.7 Å². The van der Waals surface area contributed by atoms with Gasteiger partial charge in [0.1, 0.15) is 0 Å². The maximum absolute atomic E-state index is 12.0. The lowest BCUT2D eigenvalue weighted by Crippen LogP contribution is -2.11. The molecule has 3 rings (SSSR count). The number of thiophene rings is 2. The Hall–Kier alpha value is -1.83. The predicted molar refractivity (Wildman–Crippen MR) is 106 cm³/mol. The molecule has 25 heavy (non-hydrogen) atoms. The molecule has 3 aromatic heterocycles. The van der Waals surface area contributed by atoms with Crippen LogP contribution >= 0.6 is 34.0 Å². The Morgan fingerprint density at radius 3 is 2.72 bits per heavy atom. The Labute approximate surface area is 158 Å². The van der Waals surface area contributed by atoms with Crippen molar-refractivity contribution >= 4 is 50.8 Å². The van der Waals surface area contributed by atoms with Crippen LogP contribution in [0.5, 0.6) is 0 Å². The molecule has 0 aliphatic rings. The molecule has 0 radical (unpaired) electrons. The van der Waals surface area contributed by atoms with Crippen molar-refractivity contribution < 1.29 is 9.59 Å². The number of ketones is 1. The van der Waals surface area contributed by atoms with Crippen molar-refractivity contribution in [1.82, 2.24) is 4.98 Å². The van der Waals surface area contributed by atoms with Gasteiger partial charge in [-0.2, -0.15) is 0 Å². The summed E-state index contributed by atoms with van der Waals surface area (Å²) in [4.78, 5) is 31.7. The number of amides is 1. The Balaban J connectivity index is 1.50. The number of nitrogens with zero attached hydrogens (tertiary/aromatic N) is 1. The standard InChI is InChI=1S/C18H18N2O2S3/c1-11-9-13(12(2)25-11)14-10-24-18(19-14)20-17(22)7-3-5-15(21)16-6-4-8-23-16/h4,6,8-10H,3,5,7H2,1-2H3,(H,19,20,22). The van der Waals surface area contributed by atoms with Crippen LogP contribution in [0, 0.1) is 13.8 Å². The van der Waals surface area contributed by atoms with E-state index in [1.165, 1.54) is 32.4 Å². The van der Waals surface area contributed by atoms with E-state index in [-0.39, 0.29) is 11.7 Å². The van der Waals surface area contributed by atoms with Crippen LogP contribution in [0.25, 0.3) is 11.3 Å². The Kier molecular flexibility index (Phi) is 5.78. The SMILES string of the molecule is Cc1cc(-c2csc(NC(=O)CCCC(=O)c3cccs3)n2)c(C)s1. The largest absolute Gasteiger partial charge is 0.302 e. The molecule has 0 saturated carbocycles. The number of aromatic nitrogens is 1. The second-order valence-corrected chi connectivity index (χ2v) is 8.93. The predicted octanol–water partition coefficient (Wildman–Crippen LogP) is 5.54. The first-order valence-electron chi connectivity index (χ1n) is 7.92. The van der Waals surface area contributed by atoms with E-state index in [0.717, 1.165) is 16.1 Å². The van der Waals surface area contributed by atoms with Crippen molar-refractivity contribution in [3.8, 4) is 11.3 Å². The first-order chi connectivity index (χ1) is 12.0. The molecule has 0 saturated heterocycles. The molecule has 0 aromatic carbocycles. The number of hydrogen-bond donors (Lipinski definition) is 1. The summed E-state index contributed by atoms with van der Waals surface area (Å²) in [5.74, 6) is 0.000684. The number of nitrogens with one attached hydrogen (secondary N) is 1. The van der Waals surface area contributed by atoms with Crippen molar-refractivity contribution in [2.24, 2.45) is 0 Å². The number of thiazole rings is 1. The van der Waals surface area contributed by atoms with E-state index in [1.807, 2.05) is 22.9 Å². The topological polar surface area (TPSA) is 59.1 Å². The Morgan fingerprint density at radius 1 is 1.20 bits per heavy atom. The minimum atomic E-state index is -0.0990. The van der Waals surface area contributed by atoms with Crippen molar-refractivity contribution in [2.75, 3.05) is 5.32 Å². The molecule has 0 spiro atoms. The van der Waals surface area contributed by atoms with Crippen LogP contribution in [0.15, 0.2) is 29.0 Å². The summed E-state index contributed by atoms with van der Waals surface area (Å²) in [5, 5.41) is 7.28. The van der Waals surface area contributed by atoms with Gasteiger partial charge < -0.3 is 5.32 Å². The highest BCUT2D eigenvalue weighted by molar-refractivity contribution is 7.14. The Bertz CT molecular complexity index is 878. The third-order valence-corrected chi connectivity index (χ3v) is 6.31. The third kappa shape index (κ3) is 4.62. The first-order valence-corrected chi connectivity index (χ1v) is 10.5. The molecule has 0 fully saturated rings. The van der Waals surface area contributed by atoms with E-state index in [2.05, 4.69) is 30.2 Å². The van der Waals surface area contributed by atoms with Gasteiger partial charge in [-0.1, -0.05) is 6.07 Å². The number of rotatable bonds is 7. The van der Waals surface area contributed by atoms with Gasteiger partial charge in [0.05, 0.1) is 10.6 Å². The van der Waals surface area contributed by atoms with Gasteiger partial charge >= 0.3 is 0 Å². The normalized spacial score (nSPS) is 10.8. The molecule has 7 heteroatoms. The molecule has 1 N–H and O–H groups in total. The molecule has 3 heterocycles. The molecule has 0 aliphatic heterocycles. The summed E-state index contributed by atoms with van der Waals surface area (Å²) in [7, 11) is 0. The zero-order valence-corrected chi connectivity index (χ0v) is 16.4. The quantitative estimate of drug-likeness (QED) is 0.539. The molecule has 0 aliphatic carbocycles. The second kappa shape index (κ2) is 8.03. The van der Waals surface area contributed by atoms with E-state index in [1.54, 1.807) is 11.3 Å². The van der Waals surface area contributed by atoms with E-state index in [0.29, 0.717) is 24.4 Å². The highest BCUT2D eigenvalue weighted by Gasteiger charge is 2.12. The third-order valence-electron chi connectivity index (χ3n) is 3.67. The molecule has 130 valence electrons. The monoisotopic (exact) mass is 390 g/mol. The van der Waals surface area contributed by atoms with Gasteiger partial charge in [0.2, 0.25) is 5.91 Å². The molecule has 0 bridgehead atoms. The summed E-state index contributed by atoms with van der Waals surface area (Å²) in [5.41, 5.74) is 2.02. The smallest absolute Gasteiger partial charge is 0.226 e. The zero-order valence-electron chi connectivity index (χ0n) is 14.0. The first kappa shape index (κ1) is 18.0. The summed E-state index contributed by atoms with van der Waals surface area (Å²) >= 11 is 4.61. The number of anilines is 1. The van der Waals surface area contributed by atoms with E-state index in [4.69, 9.17) is 0 Å². The second-order valence-electron chi connectivity index (χ2n) is 5.67. The Morgan fingerprint density at radius 2 is 2.04 bits per heavy atom. The van der Waals surface area contributed by atoms with Crippen LogP contribution in [0.2, 0.25) is 0 Å². The van der Waals surface area contributed by atoms with Crippen molar-refractivity contribution in [3.63, 3.8) is 0 Å². The van der Waals surface area contributed by atoms with Gasteiger partial charge in [0.15, 0.2) is 10.9 Å². The highest BCUT2D eigenvalue weighted by Crippen LogP contribution is 2.32. The molecule has 0 unspecified atom stereocenters. The molecular weight excluding hydrogens is 372 g/mol. The van der Waals surface area contributed by atoms with Crippen molar-refractivity contribution in [1.29, 1.82) is 0 Å². The number of aryl methyl sites for hydroxylation is 2. The highest BCUT2D eigenvalue weighted by atomic mass is 32.1. The van der Waals surface area contributed by atoms with Crippen molar-refractivity contribution in [2.45, 2.75) is 33.1 Å². The van der Waals surface area contributed by atoms with Crippen LogP contribution in [0.4, 0.5) is 5.13 Å². The van der Waals surface area contributed by atoms with Crippen LogP contribution < -0.4 is 5.32 Å². The average molecular weight is 391 g/mol. The fourth-order valence-corrected chi connectivity index (χ4v) is 4.85. The van der Waals surface area contributed by atoms with Gasteiger partial charge in [-0.05, 0) is 37.8 Å². The number of Topliss-reactive ketones (excluding diaryl/α,β-unsaturated/α-hetero) is 1. The fourth-order valence-electron chi connectivity index (χ4n) is 2.49. The summed E-state index contributed by atoms with van der Waals surface area (Å²) in [6, 6.07) is 5.80. The molecular formula is C18H18N2O2S3. The van der Waals surface area contributed by atoms with Gasteiger partial charge in [-0.25, -0.2) is 4.98 Å². The zero-order chi connectivity index (χ0) is 17.8.